The van der Waals surface area contributed by atoms with Crippen LogP contribution in [0.3, 0.4) is 0 Å². The highest BCUT2D eigenvalue weighted by Gasteiger charge is 2.22. The minimum absolute atomic E-state index is 0.0570. The van der Waals surface area contributed by atoms with Crippen LogP contribution in [0.25, 0.3) is 0 Å². The van der Waals surface area contributed by atoms with Gasteiger partial charge in [-0.3, -0.25) is 14.9 Å². The number of ether oxygens (including phenoxy) is 1. The van der Waals surface area contributed by atoms with Crippen molar-refractivity contribution in [2.45, 2.75) is 13.0 Å². The second kappa shape index (κ2) is 6.62. The van der Waals surface area contributed by atoms with E-state index in [-0.39, 0.29) is 17.9 Å². The number of nitro benzene ring substituents is 1. The third-order valence-electron chi connectivity index (χ3n) is 2.61. The Balaban J connectivity index is 2.99. The first kappa shape index (κ1) is 15.6. The van der Waals surface area contributed by atoms with Crippen LogP contribution >= 0.6 is 0 Å². The molecule has 20 heavy (non-hydrogen) atoms. The van der Waals surface area contributed by atoms with Gasteiger partial charge in [-0.05, 0) is 12.5 Å². The van der Waals surface area contributed by atoms with E-state index in [1.807, 2.05) is 0 Å². The number of benzene rings is 1. The molecule has 1 amide bonds. The predicted molar refractivity (Wildman–Crippen MR) is 68.6 cm³/mol. The number of aryl methyl sites for hydroxylation is 1. The first-order valence-electron chi connectivity index (χ1n) is 5.64. The molecule has 0 saturated carbocycles. The van der Waals surface area contributed by atoms with Gasteiger partial charge in [-0.2, -0.15) is 0 Å². The Morgan fingerprint density at radius 1 is 1.50 bits per heavy atom. The van der Waals surface area contributed by atoms with Crippen molar-refractivity contribution in [1.82, 2.24) is 5.32 Å². The summed E-state index contributed by atoms with van der Waals surface area (Å²) >= 11 is 0. The van der Waals surface area contributed by atoms with Gasteiger partial charge in [0.25, 0.3) is 11.6 Å². The van der Waals surface area contributed by atoms with Crippen LogP contribution in [0.15, 0.2) is 18.2 Å². The maximum Gasteiger partial charge on any atom is 0.328 e. The van der Waals surface area contributed by atoms with Gasteiger partial charge in [0.15, 0.2) is 6.04 Å². The molecule has 0 spiro atoms. The maximum atomic E-state index is 12.0. The first-order valence-corrected chi connectivity index (χ1v) is 5.64. The molecule has 8 heteroatoms. The average Bonchev–Trinajstić information content (AvgIpc) is 2.38. The van der Waals surface area contributed by atoms with Crippen molar-refractivity contribution < 1.29 is 24.4 Å². The number of non-ortho nitro benzene ring substituents is 1. The smallest absolute Gasteiger partial charge is 0.328 e. The van der Waals surface area contributed by atoms with Crippen molar-refractivity contribution >= 4 is 17.6 Å². The first-order chi connectivity index (χ1) is 9.36. The average molecular weight is 282 g/mol. The molecule has 1 unspecified atom stereocenters. The number of carboxylic acid groups (broad SMARTS) is 1. The van der Waals surface area contributed by atoms with Crippen LogP contribution in [0.4, 0.5) is 5.69 Å². The molecule has 2 N–H and O–H groups in total. The Morgan fingerprint density at radius 2 is 2.15 bits per heavy atom. The lowest BCUT2D eigenvalue weighted by Gasteiger charge is -2.14. The van der Waals surface area contributed by atoms with Crippen LogP contribution in [0.1, 0.15) is 15.9 Å². The van der Waals surface area contributed by atoms with Gasteiger partial charge in [-0.15, -0.1) is 0 Å². The monoisotopic (exact) mass is 282 g/mol. The summed E-state index contributed by atoms with van der Waals surface area (Å²) in [6, 6.07) is 2.59. The van der Waals surface area contributed by atoms with Gasteiger partial charge >= 0.3 is 5.97 Å². The summed E-state index contributed by atoms with van der Waals surface area (Å²) in [5.74, 6) is -1.95. The van der Waals surface area contributed by atoms with Gasteiger partial charge in [0.2, 0.25) is 0 Å². The molecule has 0 fully saturated rings. The quantitative estimate of drug-likeness (QED) is 0.586. The summed E-state index contributed by atoms with van der Waals surface area (Å²) in [5.41, 5.74) is 0.329. The molecule has 0 heterocycles. The molecule has 0 aliphatic rings. The van der Waals surface area contributed by atoms with Crippen LogP contribution in [0, 0.1) is 17.0 Å². The van der Waals surface area contributed by atoms with Crippen LogP contribution in [-0.4, -0.2) is 41.7 Å². The summed E-state index contributed by atoms with van der Waals surface area (Å²) in [5, 5.41) is 21.8. The lowest BCUT2D eigenvalue weighted by Crippen LogP contribution is -2.44. The number of hydrogen-bond donors (Lipinski definition) is 2. The van der Waals surface area contributed by atoms with Gasteiger partial charge in [0.05, 0.1) is 11.5 Å². The zero-order valence-corrected chi connectivity index (χ0v) is 11.0. The van der Waals surface area contributed by atoms with Crippen LogP contribution in [-0.2, 0) is 9.53 Å². The number of carbonyl (C=O) groups is 2. The van der Waals surface area contributed by atoms with E-state index in [9.17, 15) is 19.7 Å². The SMILES string of the molecule is COCC(NC(=O)c1cc([N+](=O)[O-])ccc1C)C(=O)O. The predicted octanol–water partition coefficient (Wildman–Crippen LogP) is 0.733. The summed E-state index contributed by atoms with van der Waals surface area (Å²) in [6.45, 7) is 1.40. The highest BCUT2D eigenvalue weighted by atomic mass is 16.6. The molecule has 0 saturated heterocycles. The second-order valence-electron chi connectivity index (χ2n) is 4.08. The van der Waals surface area contributed by atoms with E-state index >= 15 is 0 Å². The van der Waals surface area contributed by atoms with Crippen molar-refractivity contribution in [3.63, 3.8) is 0 Å². The van der Waals surface area contributed by atoms with E-state index in [0.717, 1.165) is 6.07 Å². The number of carboxylic acids is 1. The van der Waals surface area contributed by atoms with E-state index in [4.69, 9.17) is 9.84 Å². The number of nitro groups is 1. The molecule has 1 aromatic carbocycles. The van der Waals surface area contributed by atoms with E-state index in [1.165, 1.54) is 19.2 Å². The topological polar surface area (TPSA) is 119 Å². The number of carbonyl (C=O) groups excluding carboxylic acids is 1. The Kier molecular flexibility index (Phi) is 5.15. The number of methoxy groups -OCH3 is 1. The van der Waals surface area contributed by atoms with Crippen LogP contribution < -0.4 is 5.32 Å². The number of amides is 1. The molecule has 0 radical (unpaired) electrons. The Bertz CT molecular complexity index is 543. The lowest BCUT2D eigenvalue weighted by molar-refractivity contribution is -0.384. The summed E-state index contributed by atoms with van der Waals surface area (Å²) in [7, 11) is 1.31. The van der Waals surface area contributed by atoms with E-state index in [1.54, 1.807) is 6.92 Å². The highest BCUT2D eigenvalue weighted by Crippen LogP contribution is 2.17. The van der Waals surface area contributed by atoms with Crippen molar-refractivity contribution in [2.24, 2.45) is 0 Å². The fourth-order valence-corrected chi connectivity index (χ4v) is 1.55. The minimum Gasteiger partial charge on any atom is -0.480 e. The van der Waals surface area contributed by atoms with E-state index in [0.29, 0.717) is 5.56 Å². The molecule has 108 valence electrons. The third kappa shape index (κ3) is 3.75. The van der Waals surface area contributed by atoms with Gasteiger partial charge in [0, 0.05) is 24.8 Å². The third-order valence-corrected chi connectivity index (χ3v) is 2.61. The lowest BCUT2D eigenvalue weighted by atomic mass is 10.1. The number of nitrogens with one attached hydrogen (secondary N) is 1. The molecular weight excluding hydrogens is 268 g/mol. The van der Waals surface area contributed by atoms with Gasteiger partial charge in [-0.1, -0.05) is 6.07 Å². The minimum atomic E-state index is -1.25. The Morgan fingerprint density at radius 3 is 2.65 bits per heavy atom. The van der Waals surface area contributed by atoms with Crippen molar-refractivity contribution in [2.75, 3.05) is 13.7 Å². The number of hydrogen-bond acceptors (Lipinski definition) is 5. The van der Waals surface area contributed by atoms with Crippen LogP contribution in [0.5, 0.6) is 0 Å². The molecule has 0 aromatic heterocycles. The number of nitrogens with zero attached hydrogens (tertiary/aromatic N) is 1. The normalized spacial score (nSPS) is 11.7. The molecule has 0 bridgehead atoms. The molecule has 0 aliphatic heterocycles. The Labute approximate surface area is 114 Å². The number of aliphatic carboxylic acids is 1. The van der Waals surface area contributed by atoms with E-state index in [2.05, 4.69) is 5.32 Å². The Hall–Kier alpha value is -2.48. The fourth-order valence-electron chi connectivity index (χ4n) is 1.55. The molecule has 0 aliphatic carbocycles. The fraction of sp³-hybridized carbons (Fsp3) is 0.333. The summed E-state index contributed by atoms with van der Waals surface area (Å²) in [6.07, 6.45) is 0. The summed E-state index contributed by atoms with van der Waals surface area (Å²) in [4.78, 5) is 32.9. The molecule has 8 nitrogen and oxygen atoms in total. The zero-order chi connectivity index (χ0) is 15.3. The molecule has 1 atom stereocenters. The maximum absolute atomic E-state index is 12.0. The van der Waals surface area contributed by atoms with Gasteiger partial charge in [0.1, 0.15) is 0 Å². The summed E-state index contributed by atoms with van der Waals surface area (Å²) < 4.78 is 4.69. The van der Waals surface area contributed by atoms with Gasteiger partial charge < -0.3 is 15.2 Å². The highest BCUT2D eigenvalue weighted by molar-refractivity contribution is 5.98. The van der Waals surface area contributed by atoms with Crippen molar-refractivity contribution in [1.29, 1.82) is 0 Å². The molecule has 1 aromatic rings. The van der Waals surface area contributed by atoms with Crippen molar-refractivity contribution in [3.05, 3.63) is 39.4 Å². The molecule has 1 rings (SSSR count). The zero-order valence-electron chi connectivity index (χ0n) is 11.0. The van der Waals surface area contributed by atoms with E-state index < -0.39 is 22.8 Å². The second-order valence-corrected chi connectivity index (χ2v) is 4.08. The van der Waals surface area contributed by atoms with Crippen LogP contribution in [0.2, 0.25) is 0 Å². The van der Waals surface area contributed by atoms with Crippen molar-refractivity contribution in [3.8, 4) is 0 Å². The number of rotatable bonds is 6. The van der Waals surface area contributed by atoms with Gasteiger partial charge in [-0.25, -0.2) is 4.79 Å². The largest absolute Gasteiger partial charge is 0.480 e. The molecular formula is C12H14N2O6. The standard InChI is InChI=1S/C12H14N2O6/c1-7-3-4-8(14(18)19)5-9(7)11(15)13-10(6-20-2)12(16)17/h3-5,10H,6H2,1-2H3,(H,13,15)(H,16,17).